The summed E-state index contributed by atoms with van der Waals surface area (Å²) in [5, 5.41) is 10.6. The Kier molecular flexibility index (Phi) is 6.59. The second-order valence-corrected chi connectivity index (χ2v) is 6.40. The lowest BCUT2D eigenvalue weighted by Gasteiger charge is -2.25. The van der Waals surface area contributed by atoms with Gasteiger partial charge in [-0.2, -0.15) is 0 Å². The topological polar surface area (TPSA) is 20.2 Å². The van der Waals surface area contributed by atoms with Crippen LogP contribution >= 0.6 is 0 Å². The van der Waals surface area contributed by atoms with Gasteiger partial charge in [0.1, 0.15) is 0 Å². The van der Waals surface area contributed by atoms with Gasteiger partial charge in [0.25, 0.3) is 0 Å². The third-order valence-electron chi connectivity index (χ3n) is 4.74. The maximum atomic E-state index is 10.6. The molecule has 20 heavy (non-hydrogen) atoms. The second kappa shape index (κ2) is 8.46. The molecule has 0 radical (unpaired) electrons. The maximum Gasteiger partial charge on any atom is 0.0818 e. The molecule has 0 amide bonds. The van der Waals surface area contributed by atoms with Gasteiger partial charge in [0.15, 0.2) is 0 Å². The van der Waals surface area contributed by atoms with Gasteiger partial charge in [-0.05, 0) is 42.7 Å². The minimum atomic E-state index is -0.256. The van der Waals surface area contributed by atoms with E-state index in [1.54, 1.807) is 0 Å². The Morgan fingerprint density at radius 1 is 1.00 bits per heavy atom. The predicted octanol–water partition coefficient (Wildman–Crippen LogP) is 5.42. The molecule has 0 bridgehead atoms. The van der Waals surface area contributed by atoms with Crippen LogP contribution in [0.25, 0.3) is 0 Å². The summed E-state index contributed by atoms with van der Waals surface area (Å²) in [5.41, 5.74) is 2.52. The Balaban J connectivity index is 1.94. The number of aryl methyl sites for hydroxylation is 1. The molecule has 0 aliphatic heterocycles. The van der Waals surface area contributed by atoms with E-state index < -0.39 is 0 Å². The predicted molar refractivity (Wildman–Crippen MR) is 85.8 cm³/mol. The van der Waals surface area contributed by atoms with E-state index in [1.165, 1.54) is 63.4 Å². The van der Waals surface area contributed by atoms with Crippen LogP contribution in [-0.2, 0) is 6.42 Å². The van der Waals surface area contributed by atoms with Crippen LogP contribution in [0.3, 0.4) is 0 Å². The summed E-state index contributed by atoms with van der Waals surface area (Å²) in [5.74, 6) is 0.469. The molecule has 1 saturated carbocycles. The summed E-state index contributed by atoms with van der Waals surface area (Å²) < 4.78 is 0. The van der Waals surface area contributed by atoms with Crippen LogP contribution in [0.5, 0.6) is 0 Å². The lowest BCUT2D eigenvalue weighted by atomic mass is 9.84. The fourth-order valence-electron chi connectivity index (χ4n) is 3.34. The zero-order valence-corrected chi connectivity index (χ0v) is 13.0. The van der Waals surface area contributed by atoms with Crippen LogP contribution in [-0.4, -0.2) is 5.11 Å². The fraction of sp³-hybridized carbons (Fsp3) is 0.684. The molecule has 1 aromatic carbocycles. The normalized spacial score (nSPS) is 19.3. The van der Waals surface area contributed by atoms with Crippen molar-refractivity contribution in [3.05, 3.63) is 35.4 Å². The molecule has 1 heteroatoms. The highest BCUT2D eigenvalue weighted by Gasteiger charge is 2.21. The van der Waals surface area contributed by atoms with E-state index in [2.05, 4.69) is 31.2 Å². The first-order valence-corrected chi connectivity index (χ1v) is 8.58. The van der Waals surface area contributed by atoms with E-state index in [-0.39, 0.29) is 6.10 Å². The van der Waals surface area contributed by atoms with Crippen molar-refractivity contribution in [2.24, 2.45) is 5.92 Å². The number of rotatable bonds is 5. The van der Waals surface area contributed by atoms with Crippen molar-refractivity contribution in [1.82, 2.24) is 0 Å². The number of unbranched alkanes of at least 4 members (excludes halogenated alkanes) is 1. The van der Waals surface area contributed by atoms with Gasteiger partial charge in [-0.25, -0.2) is 0 Å². The third kappa shape index (κ3) is 4.63. The summed E-state index contributed by atoms with van der Waals surface area (Å²) >= 11 is 0. The minimum Gasteiger partial charge on any atom is -0.388 e. The molecule has 1 aliphatic rings. The molecule has 1 aromatic rings. The zero-order valence-electron chi connectivity index (χ0n) is 13.0. The lowest BCUT2D eigenvalue weighted by Crippen LogP contribution is -2.14. The van der Waals surface area contributed by atoms with Crippen LogP contribution in [0.4, 0.5) is 0 Å². The van der Waals surface area contributed by atoms with Crippen molar-refractivity contribution < 1.29 is 5.11 Å². The number of benzene rings is 1. The van der Waals surface area contributed by atoms with Gasteiger partial charge in [0.2, 0.25) is 0 Å². The van der Waals surface area contributed by atoms with Crippen LogP contribution < -0.4 is 0 Å². The van der Waals surface area contributed by atoms with Crippen molar-refractivity contribution in [3.8, 4) is 0 Å². The number of hydrogen-bond donors (Lipinski definition) is 1. The smallest absolute Gasteiger partial charge is 0.0818 e. The Labute approximate surface area is 124 Å². The summed E-state index contributed by atoms with van der Waals surface area (Å²) in [6, 6.07) is 8.71. The molecule has 0 heterocycles. The lowest BCUT2D eigenvalue weighted by molar-refractivity contribution is 0.0912. The first-order chi connectivity index (χ1) is 9.81. The number of hydrogen-bond acceptors (Lipinski definition) is 1. The molecule has 2 rings (SSSR count). The van der Waals surface area contributed by atoms with E-state index in [9.17, 15) is 5.11 Å². The molecule has 0 saturated heterocycles. The molecule has 1 nitrogen and oxygen atoms in total. The highest BCUT2D eigenvalue weighted by atomic mass is 16.3. The number of aliphatic hydroxyl groups excluding tert-OH is 1. The first-order valence-electron chi connectivity index (χ1n) is 8.58. The van der Waals surface area contributed by atoms with Crippen LogP contribution in [0, 0.1) is 5.92 Å². The van der Waals surface area contributed by atoms with E-state index >= 15 is 0 Å². The highest BCUT2D eigenvalue weighted by Crippen LogP contribution is 2.32. The van der Waals surface area contributed by atoms with Gasteiger partial charge >= 0.3 is 0 Å². The van der Waals surface area contributed by atoms with Crippen LogP contribution in [0.15, 0.2) is 24.3 Å². The average molecular weight is 274 g/mol. The minimum absolute atomic E-state index is 0.256. The largest absolute Gasteiger partial charge is 0.388 e. The van der Waals surface area contributed by atoms with E-state index in [0.29, 0.717) is 5.92 Å². The van der Waals surface area contributed by atoms with E-state index in [0.717, 1.165) is 12.0 Å². The maximum absolute atomic E-state index is 10.6. The van der Waals surface area contributed by atoms with Gasteiger partial charge in [0, 0.05) is 0 Å². The zero-order chi connectivity index (χ0) is 14.2. The molecule has 1 N–H and O–H groups in total. The molecule has 1 fully saturated rings. The molecule has 1 atom stereocenters. The summed E-state index contributed by atoms with van der Waals surface area (Å²) in [4.78, 5) is 0. The highest BCUT2D eigenvalue weighted by molar-refractivity contribution is 5.24. The van der Waals surface area contributed by atoms with Crippen molar-refractivity contribution in [2.75, 3.05) is 0 Å². The van der Waals surface area contributed by atoms with Crippen molar-refractivity contribution in [3.63, 3.8) is 0 Å². The fourth-order valence-corrected chi connectivity index (χ4v) is 3.34. The van der Waals surface area contributed by atoms with Crippen molar-refractivity contribution in [2.45, 2.75) is 77.2 Å². The summed E-state index contributed by atoms with van der Waals surface area (Å²) in [6.07, 6.45) is 12.4. The molecule has 1 aliphatic carbocycles. The number of aliphatic hydroxyl groups is 1. The van der Waals surface area contributed by atoms with Gasteiger partial charge in [-0.15, -0.1) is 0 Å². The second-order valence-electron chi connectivity index (χ2n) is 6.40. The Hall–Kier alpha value is -0.820. The van der Waals surface area contributed by atoms with Crippen molar-refractivity contribution in [1.29, 1.82) is 0 Å². The third-order valence-corrected chi connectivity index (χ3v) is 4.74. The molecular formula is C19H30O. The SMILES string of the molecule is CCCCc1ccc(C(O)C2CCCCCCC2)cc1. The Morgan fingerprint density at radius 2 is 1.60 bits per heavy atom. The van der Waals surface area contributed by atoms with E-state index in [1.807, 2.05) is 0 Å². The standard InChI is InChI=1S/C19H30O/c1-2-3-9-16-12-14-18(15-13-16)19(20)17-10-7-5-4-6-8-11-17/h12-15,17,19-20H,2-11H2,1H3. The monoisotopic (exact) mass is 274 g/mol. The van der Waals surface area contributed by atoms with Crippen LogP contribution in [0.2, 0.25) is 0 Å². The quantitative estimate of drug-likeness (QED) is 0.759. The van der Waals surface area contributed by atoms with Crippen LogP contribution in [0.1, 0.15) is 81.9 Å². The van der Waals surface area contributed by atoms with Gasteiger partial charge < -0.3 is 5.11 Å². The van der Waals surface area contributed by atoms with Gasteiger partial charge in [-0.3, -0.25) is 0 Å². The molecular weight excluding hydrogens is 244 g/mol. The first kappa shape index (κ1) is 15.6. The molecule has 1 unspecified atom stereocenters. The Morgan fingerprint density at radius 3 is 2.20 bits per heavy atom. The van der Waals surface area contributed by atoms with E-state index in [4.69, 9.17) is 0 Å². The average Bonchev–Trinajstić information content (AvgIpc) is 2.45. The van der Waals surface area contributed by atoms with Crippen molar-refractivity contribution >= 4 is 0 Å². The Bertz CT molecular complexity index is 360. The summed E-state index contributed by atoms with van der Waals surface area (Å²) in [7, 11) is 0. The summed E-state index contributed by atoms with van der Waals surface area (Å²) in [6.45, 7) is 2.23. The van der Waals surface area contributed by atoms with Gasteiger partial charge in [-0.1, -0.05) is 69.7 Å². The molecule has 112 valence electrons. The molecule has 0 aromatic heterocycles. The van der Waals surface area contributed by atoms with Gasteiger partial charge in [0.05, 0.1) is 6.10 Å². The molecule has 0 spiro atoms.